The number of carbonyl (C=O) groups excluding carboxylic acids is 3. The molecule has 10 heteroatoms. The Bertz CT molecular complexity index is 1160. The molecule has 1 saturated carbocycles. The Morgan fingerprint density at radius 1 is 1.22 bits per heavy atom. The largest absolute Gasteiger partial charge is 0.510 e. The van der Waals surface area contributed by atoms with Crippen molar-refractivity contribution in [3.8, 4) is 5.75 Å². The van der Waals surface area contributed by atoms with Crippen LogP contribution in [0.1, 0.15) is 42.1 Å². The first-order chi connectivity index (χ1) is 17.4. The summed E-state index contributed by atoms with van der Waals surface area (Å²) in [5.41, 5.74) is 4.19. The van der Waals surface area contributed by atoms with E-state index in [1.54, 1.807) is 25.1 Å². The average molecular weight is 516 g/mol. The van der Waals surface area contributed by atoms with Crippen molar-refractivity contribution in [1.82, 2.24) is 4.90 Å². The third-order valence-electron chi connectivity index (χ3n) is 8.23. The van der Waals surface area contributed by atoms with Crippen molar-refractivity contribution >= 4 is 23.2 Å². The van der Waals surface area contributed by atoms with E-state index < -0.39 is 64.3 Å². The summed E-state index contributed by atoms with van der Waals surface area (Å²) in [6, 6.07) is 2.70. The first-order valence-corrected chi connectivity index (χ1v) is 12.7. The van der Waals surface area contributed by atoms with Gasteiger partial charge in [-0.2, -0.15) is 0 Å². The lowest BCUT2D eigenvalue weighted by atomic mass is 9.53. The fourth-order valence-electron chi connectivity index (χ4n) is 6.53. The number of ketones is 2. The van der Waals surface area contributed by atoms with E-state index in [-0.39, 0.29) is 6.42 Å². The molecule has 3 aliphatic rings. The highest BCUT2D eigenvalue weighted by molar-refractivity contribution is 6.23. The summed E-state index contributed by atoms with van der Waals surface area (Å²) in [6.07, 6.45) is 0.500. The monoisotopic (exact) mass is 515 g/mol. The smallest absolute Gasteiger partial charge is 0.255 e. The minimum Gasteiger partial charge on any atom is -0.510 e. The number of nitrogens with zero attached hydrogens (tertiary/aromatic N) is 2. The molecule has 0 bridgehead atoms. The van der Waals surface area contributed by atoms with Gasteiger partial charge in [-0.1, -0.05) is 13.3 Å². The molecule has 0 aromatic heterocycles. The number of likely N-dealkylation sites (N-methyl/N-ethyl adjacent to an activating group) is 1. The maximum atomic E-state index is 14.1. The molecule has 6 unspecified atom stereocenters. The van der Waals surface area contributed by atoms with Gasteiger partial charge in [0.05, 0.1) is 24.1 Å². The Labute approximate surface area is 216 Å². The van der Waals surface area contributed by atoms with Crippen LogP contribution in [0.4, 0.5) is 5.69 Å². The topological polar surface area (TPSA) is 154 Å². The summed E-state index contributed by atoms with van der Waals surface area (Å²) in [5, 5.41) is 34.3. The quantitative estimate of drug-likeness (QED) is 0.305. The maximum absolute atomic E-state index is 14.1. The van der Waals surface area contributed by atoms with Gasteiger partial charge in [0.25, 0.3) is 5.91 Å². The molecule has 1 fully saturated rings. The zero-order valence-corrected chi connectivity index (χ0v) is 22.0. The minimum absolute atomic E-state index is 0.169. The Hall–Kier alpha value is -2.95. The molecule has 6 atom stereocenters. The second-order valence-corrected chi connectivity index (χ2v) is 10.9. The summed E-state index contributed by atoms with van der Waals surface area (Å²) in [6.45, 7) is 2.46. The van der Waals surface area contributed by atoms with Gasteiger partial charge in [-0.15, -0.1) is 0 Å². The standard InChI is InChI=1S/C27H37N3O7/c1-6-7-10-37-17-9-8-16(29(2)3)14-11-13-12-15-21(30(4)5)23(32)20(26(28)35)25(34)27(15,36)24(33)18(13)22(31)19(14)17/h8-9,13,15,18,21,24,32-33,36H,6-7,10-12H2,1-5H3,(H2,28,35). The lowest BCUT2D eigenvalue weighted by Crippen LogP contribution is -2.71. The maximum Gasteiger partial charge on any atom is 0.255 e. The number of rotatable bonds is 7. The number of amides is 1. The number of hydrogen-bond donors (Lipinski definition) is 4. The Morgan fingerprint density at radius 3 is 2.46 bits per heavy atom. The van der Waals surface area contributed by atoms with Crippen molar-refractivity contribution in [2.45, 2.75) is 50.4 Å². The van der Waals surface area contributed by atoms with Crippen molar-refractivity contribution < 1.29 is 34.4 Å². The lowest BCUT2D eigenvalue weighted by Gasteiger charge is -2.55. The molecule has 0 saturated heterocycles. The third-order valence-corrected chi connectivity index (χ3v) is 8.23. The highest BCUT2D eigenvalue weighted by Crippen LogP contribution is 2.53. The number of hydrogen-bond acceptors (Lipinski definition) is 9. The van der Waals surface area contributed by atoms with Crippen LogP contribution in [-0.4, -0.2) is 90.2 Å². The zero-order valence-electron chi connectivity index (χ0n) is 22.0. The molecule has 1 amide bonds. The van der Waals surface area contributed by atoms with Crippen LogP contribution in [-0.2, 0) is 16.0 Å². The molecule has 1 aromatic rings. The number of aliphatic hydroxyl groups excluding tert-OH is 2. The number of unbranched alkanes of at least 4 members (excludes halogenated alkanes) is 1. The highest BCUT2D eigenvalue weighted by atomic mass is 16.5. The van der Waals surface area contributed by atoms with Gasteiger partial charge in [0, 0.05) is 25.7 Å². The molecular formula is C27H37N3O7. The van der Waals surface area contributed by atoms with Crippen LogP contribution in [0.25, 0.3) is 0 Å². The second-order valence-electron chi connectivity index (χ2n) is 10.9. The van der Waals surface area contributed by atoms with E-state index in [1.165, 1.54) is 0 Å². The number of ether oxygens (including phenoxy) is 1. The van der Waals surface area contributed by atoms with E-state index in [0.29, 0.717) is 24.3 Å². The number of nitrogens with two attached hydrogens (primary N) is 1. The number of primary amides is 1. The van der Waals surface area contributed by atoms with Crippen molar-refractivity contribution in [3.63, 3.8) is 0 Å². The molecule has 10 nitrogen and oxygen atoms in total. The van der Waals surface area contributed by atoms with Gasteiger partial charge in [-0.05, 0) is 57.0 Å². The van der Waals surface area contributed by atoms with E-state index in [1.807, 2.05) is 32.0 Å². The molecule has 3 aliphatic carbocycles. The normalized spacial score (nSPS) is 31.1. The minimum atomic E-state index is -2.47. The number of Topliss-reactive ketones (excluding diaryl/α,β-unsaturated/α-hetero) is 2. The summed E-state index contributed by atoms with van der Waals surface area (Å²) >= 11 is 0. The van der Waals surface area contributed by atoms with E-state index >= 15 is 0 Å². The first kappa shape index (κ1) is 27.1. The fourth-order valence-corrected chi connectivity index (χ4v) is 6.53. The van der Waals surface area contributed by atoms with Crippen molar-refractivity contribution in [3.05, 3.63) is 34.6 Å². The summed E-state index contributed by atoms with van der Waals surface area (Å²) < 4.78 is 5.97. The molecule has 0 aliphatic heterocycles. The van der Waals surface area contributed by atoms with Crippen LogP contribution in [0, 0.1) is 17.8 Å². The fraction of sp³-hybridized carbons (Fsp3) is 0.593. The first-order valence-electron chi connectivity index (χ1n) is 12.7. The van der Waals surface area contributed by atoms with Gasteiger partial charge in [0.2, 0.25) is 5.78 Å². The molecule has 0 heterocycles. The van der Waals surface area contributed by atoms with Gasteiger partial charge >= 0.3 is 0 Å². The number of anilines is 1. The summed E-state index contributed by atoms with van der Waals surface area (Å²) in [5.74, 6) is -5.33. The van der Waals surface area contributed by atoms with Crippen molar-refractivity contribution in [2.75, 3.05) is 39.7 Å². The molecule has 1 aromatic carbocycles. The van der Waals surface area contributed by atoms with Crippen LogP contribution in [0.5, 0.6) is 5.75 Å². The number of carbonyl (C=O) groups is 3. The molecule has 0 radical (unpaired) electrons. The molecule has 4 rings (SSSR count). The molecule has 0 spiro atoms. The van der Waals surface area contributed by atoms with Gasteiger partial charge in [-0.25, -0.2) is 0 Å². The Balaban J connectivity index is 1.86. The number of aliphatic hydroxyl groups is 3. The highest BCUT2D eigenvalue weighted by Gasteiger charge is 2.66. The van der Waals surface area contributed by atoms with E-state index in [9.17, 15) is 29.7 Å². The summed E-state index contributed by atoms with van der Waals surface area (Å²) in [7, 11) is 7.04. The van der Waals surface area contributed by atoms with Crippen LogP contribution < -0.4 is 15.4 Å². The predicted octanol–water partition coefficient (Wildman–Crippen LogP) is 0.825. The van der Waals surface area contributed by atoms with Crippen LogP contribution in [0.3, 0.4) is 0 Å². The van der Waals surface area contributed by atoms with Crippen molar-refractivity contribution in [2.24, 2.45) is 23.5 Å². The molecule has 202 valence electrons. The molecule has 37 heavy (non-hydrogen) atoms. The van der Waals surface area contributed by atoms with E-state index in [4.69, 9.17) is 10.5 Å². The van der Waals surface area contributed by atoms with Gasteiger partial charge in [0.1, 0.15) is 23.2 Å². The Kier molecular flexibility index (Phi) is 7.13. The van der Waals surface area contributed by atoms with E-state index in [0.717, 1.165) is 24.1 Å². The van der Waals surface area contributed by atoms with Crippen molar-refractivity contribution in [1.29, 1.82) is 0 Å². The summed E-state index contributed by atoms with van der Waals surface area (Å²) in [4.78, 5) is 43.1. The second kappa shape index (κ2) is 9.74. The zero-order chi connectivity index (χ0) is 27.4. The third kappa shape index (κ3) is 4.02. The number of benzene rings is 1. The van der Waals surface area contributed by atoms with Crippen LogP contribution in [0.2, 0.25) is 0 Å². The van der Waals surface area contributed by atoms with Gasteiger partial charge in [-0.3, -0.25) is 19.3 Å². The Morgan fingerprint density at radius 2 is 1.89 bits per heavy atom. The van der Waals surface area contributed by atoms with Crippen LogP contribution in [0.15, 0.2) is 23.5 Å². The molecule has 5 N–H and O–H groups in total. The van der Waals surface area contributed by atoms with Crippen LogP contribution >= 0.6 is 0 Å². The van der Waals surface area contributed by atoms with Gasteiger partial charge < -0.3 is 30.7 Å². The average Bonchev–Trinajstić information content (AvgIpc) is 2.81. The van der Waals surface area contributed by atoms with E-state index in [2.05, 4.69) is 0 Å². The van der Waals surface area contributed by atoms with Gasteiger partial charge in [0.15, 0.2) is 11.4 Å². The number of fused-ring (bicyclic) bond motifs is 3. The molecular weight excluding hydrogens is 478 g/mol. The SMILES string of the molecule is CCCCOc1ccc(N(C)C)c2c1C(=O)C1C(C2)CC2C(N(C)C)C(O)=C(C(N)=O)C(=O)C2(O)C1O. The predicted molar refractivity (Wildman–Crippen MR) is 137 cm³/mol. The lowest BCUT2D eigenvalue weighted by molar-refractivity contribution is -0.190.